The van der Waals surface area contributed by atoms with Gasteiger partial charge in [-0.15, -0.1) is 0 Å². The third-order valence-corrected chi connectivity index (χ3v) is 2.52. The van der Waals surface area contributed by atoms with Gasteiger partial charge in [0, 0.05) is 18.2 Å². The summed E-state index contributed by atoms with van der Waals surface area (Å²) in [6.07, 6.45) is 0. The lowest BCUT2D eigenvalue weighted by Crippen LogP contribution is -2.19. The molecule has 0 atom stereocenters. The lowest BCUT2D eigenvalue weighted by molar-refractivity contribution is 0.0941. The Hall–Kier alpha value is -2.14. The summed E-state index contributed by atoms with van der Waals surface area (Å²) in [6, 6.07) is 8.45. The van der Waals surface area contributed by atoms with Gasteiger partial charge in [0.2, 0.25) is 0 Å². The van der Waals surface area contributed by atoms with Crippen molar-refractivity contribution >= 4 is 5.91 Å². The Morgan fingerprint density at radius 2 is 2.00 bits per heavy atom. The number of hydrogen-bond acceptors (Lipinski definition) is 3. The lowest BCUT2D eigenvalue weighted by Gasteiger charge is -2.05. The number of benzene rings is 1. The van der Waals surface area contributed by atoms with Gasteiger partial charge >= 0.3 is 0 Å². The van der Waals surface area contributed by atoms with Crippen molar-refractivity contribution in [3.8, 4) is 0 Å². The first-order valence-corrected chi connectivity index (χ1v) is 5.24. The van der Waals surface area contributed by atoms with Crippen molar-refractivity contribution in [2.75, 3.05) is 0 Å². The van der Waals surface area contributed by atoms with E-state index in [9.17, 15) is 9.59 Å². The van der Waals surface area contributed by atoms with E-state index in [2.05, 4.69) is 5.10 Å². The van der Waals surface area contributed by atoms with E-state index in [1.165, 1.54) is 10.7 Å². The Morgan fingerprint density at radius 3 is 2.59 bits per heavy atom. The highest BCUT2D eigenvalue weighted by Gasteiger charge is 2.12. The molecular weight excluding hydrogens is 218 g/mol. The van der Waals surface area contributed by atoms with Crippen molar-refractivity contribution < 1.29 is 4.79 Å². The third-order valence-electron chi connectivity index (χ3n) is 2.52. The van der Waals surface area contributed by atoms with E-state index in [1.807, 2.05) is 19.1 Å². The highest BCUT2D eigenvalue weighted by molar-refractivity contribution is 5.95. The number of aromatic nitrogens is 2. The Labute approximate surface area is 97.9 Å². The minimum absolute atomic E-state index is 0.135. The van der Waals surface area contributed by atoms with Crippen molar-refractivity contribution in [1.82, 2.24) is 9.78 Å². The van der Waals surface area contributed by atoms with Gasteiger partial charge in [0.1, 0.15) is 0 Å². The Morgan fingerprint density at radius 1 is 1.35 bits per heavy atom. The molecule has 3 N–H and O–H groups in total. The summed E-state index contributed by atoms with van der Waals surface area (Å²) in [6.45, 7) is 2.08. The number of rotatable bonds is 2. The minimum atomic E-state index is -0.328. The predicted octanol–water partition coefficient (Wildman–Crippen LogP) is 0.632. The molecule has 5 nitrogen and oxygen atoms in total. The molecule has 2 aromatic rings. The molecule has 0 bridgehead atoms. The molecule has 0 unspecified atom stereocenters. The number of nitrogens with one attached hydrogen (secondary N) is 1. The first-order valence-electron chi connectivity index (χ1n) is 5.24. The van der Waals surface area contributed by atoms with Gasteiger partial charge in [0.15, 0.2) is 0 Å². The van der Waals surface area contributed by atoms with E-state index < -0.39 is 0 Å². The lowest BCUT2D eigenvalue weighted by atomic mass is 10.1. The number of aryl methyl sites for hydroxylation is 1. The van der Waals surface area contributed by atoms with Gasteiger partial charge in [-0.25, -0.2) is 4.68 Å². The topological polar surface area (TPSA) is 80.9 Å². The Kier molecular flexibility index (Phi) is 2.93. The summed E-state index contributed by atoms with van der Waals surface area (Å²) in [5.41, 5.74) is 7.20. The SMILES string of the molecule is Cc1ccc(C(=O)n2[nH]c(=O)cc2CN)cc1. The van der Waals surface area contributed by atoms with Crippen LogP contribution in [0.5, 0.6) is 0 Å². The van der Waals surface area contributed by atoms with Crippen molar-refractivity contribution in [3.63, 3.8) is 0 Å². The molecule has 0 saturated heterocycles. The fourth-order valence-electron chi connectivity index (χ4n) is 1.59. The average molecular weight is 231 g/mol. The molecule has 0 aliphatic heterocycles. The predicted molar refractivity (Wildman–Crippen MR) is 63.9 cm³/mol. The Balaban J connectivity index is 2.43. The fourth-order valence-corrected chi connectivity index (χ4v) is 1.59. The fraction of sp³-hybridized carbons (Fsp3) is 0.167. The van der Waals surface area contributed by atoms with Gasteiger partial charge in [0.05, 0.1) is 5.69 Å². The zero-order valence-corrected chi connectivity index (χ0v) is 9.43. The summed E-state index contributed by atoms with van der Waals surface area (Å²) in [5, 5.41) is 2.44. The number of carbonyl (C=O) groups is 1. The standard InChI is InChI=1S/C12H13N3O2/c1-8-2-4-9(5-3-8)12(17)15-10(7-13)6-11(16)14-15/h2-6H,7,13H2,1H3,(H,14,16). The maximum absolute atomic E-state index is 12.1. The molecule has 0 amide bonds. The molecule has 0 aliphatic carbocycles. The number of hydrogen-bond donors (Lipinski definition) is 2. The molecule has 17 heavy (non-hydrogen) atoms. The van der Waals surface area contributed by atoms with Crippen LogP contribution in [0.15, 0.2) is 35.1 Å². The molecule has 1 aromatic carbocycles. The third kappa shape index (κ3) is 2.19. The van der Waals surface area contributed by atoms with E-state index in [0.29, 0.717) is 11.3 Å². The summed E-state index contributed by atoms with van der Waals surface area (Å²) in [5.74, 6) is -0.285. The number of nitrogens with two attached hydrogens (primary N) is 1. The van der Waals surface area contributed by atoms with E-state index in [1.54, 1.807) is 12.1 Å². The second-order valence-electron chi connectivity index (χ2n) is 3.82. The number of H-pyrrole nitrogens is 1. The van der Waals surface area contributed by atoms with Gasteiger partial charge in [0.25, 0.3) is 11.5 Å². The van der Waals surface area contributed by atoms with Crippen LogP contribution in [0.25, 0.3) is 0 Å². The molecule has 0 aliphatic rings. The summed E-state index contributed by atoms with van der Waals surface area (Å²) in [4.78, 5) is 23.3. The smallest absolute Gasteiger partial charge is 0.276 e. The second-order valence-corrected chi connectivity index (χ2v) is 3.82. The van der Waals surface area contributed by atoms with Crippen LogP contribution in [-0.2, 0) is 6.54 Å². The van der Waals surface area contributed by atoms with Crippen LogP contribution in [0.2, 0.25) is 0 Å². The van der Waals surface area contributed by atoms with E-state index in [-0.39, 0.29) is 18.0 Å². The maximum atomic E-state index is 12.1. The van der Waals surface area contributed by atoms with Crippen molar-refractivity contribution in [1.29, 1.82) is 0 Å². The number of aromatic amines is 1. The second kappa shape index (κ2) is 4.39. The molecule has 0 radical (unpaired) electrons. The summed E-state index contributed by atoms with van der Waals surface area (Å²) in [7, 11) is 0. The number of carbonyl (C=O) groups excluding carboxylic acids is 1. The van der Waals surface area contributed by atoms with Gasteiger partial charge in [-0.2, -0.15) is 0 Å². The van der Waals surface area contributed by atoms with E-state index in [4.69, 9.17) is 5.73 Å². The Bertz CT molecular complexity index is 593. The molecule has 0 spiro atoms. The summed E-state index contributed by atoms with van der Waals surface area (Å²) >= 11 is 0. The van der Waals surface area contributed by atoms with Crippen molar-refractivity contribution in [3.05, 3.63) is 57.5 Å². The molecule has 88 valence electrons. The first-order chi connectivity index (χ1) is 8.11. The molecule has 5 heteroatoms. The van der Waals surface area contributed by atoms with E-state index >= 15 is 0 Å². The zero-order valence-electron chi connectivity index (χ0n) is 9.43. The van der Waals surface area contributed by atoms with Gasteiger partial charge < -0.3 is 5.73 Å². The minimum Gasteiger partial charge on any atom is -0.325 e. The maximum Gasteiger partial charge on any atom is 0.276 e. The largest absolute Gasteiger partial charge is 0.325 e. The van der Waals surface area contributed by atoms with Crippen LogP contribution in [0.1, 0.15) is 21.6 Å². The van der Waals surface area contributed by atoms with Gasteiger partial charge in [-0.05, 0) is 19.1 Å². The number of nitrogens with zero attached hydrogens (tertiary/aromatic N) is 1. The van der Waals surface area contributed by atoms with Crippen LogP contribution < -0.4 is 11.3 Å². The van der Waals surface area contributed by atoms with Gasteiger partial charge in [-0.3, -0.25) is 14.7 Å². The van der Waals surface area contributed by atoms with E-state index in [0.717, 1.165) is 5.56 Å². The molecule has 0 fully saturated rings. The highest BCUT2D eigenvalue weighted by Crippen LogP contribution is 2.06. The molecule has 2 rings (SSSR count). The van der Waals surface area contributed by atoms with Crippen LogP contribution in [-0.4, -0.2) is 15.7 Å². The van der Waals surface area contributed by atoms with Crippen LogP contribution >= 0.6 is 0 Å². The molecule has 0 saturated carbocycles. The normalized spacial score (nSPS) is 10.5. The average Bonchev–Trinajstić information content (AvgIpc) is 2.70. The molecular formula is C12H13N3O2. The van der Waals surface area contributed by atoms with Crippen molar-refractivity contribution in [2.24, 2.45) is 5.73 Å². The van der Waals surface area contributed by atoms with Crippen LogP contribution in [0.3, 0.4) is 0 Å². The monoisotopic (exact) mass is 231 g/mol. The molecule has 1 aromatic heterocycles. The van der Waals surface area contributed by atoms with Crippen LogP contribution in [0, 0.1) is 6.92 Å². The summed E-state index contributed by atoms with van der Waals surface area (Å²) < 4.78 is 1.19. The zero-order chi connectivity index (χ0) is 12.4. The van der Waals surface area contributed by atoms with Crippen molar-refractivity contribution in [2.45, 2.75) is 13.5 Å². The van der Waals surface area contributed by atoms with Gasteiger partial charge in [-0.1, -0.05) is 17.7 Å². The van der Waals surface area contributed by atoms with Crippen LogP contribution in [0.4, 0.5) is 0 Å². The molecule has 1 heterocycles. The quantitative estimate of drug-likeness (QED) is 0.795. The highest BCUT2D eigenvalue weighted by atomic mass is 16.2. The first kappa shape index (κ1) is 11.3.